The van der Waals surface area contributed by atoms with Gasteiger partial charge >= 0.3 is 0 Å². The zero-order valence-electron chi connectivity index (χ0n) is 20.5. The number of ether oxygens (including phenoxy) is 1. The molecule has 0 radical (unpaired) electrons. The van der Waals surface area contributed by atoms with E-state index in [1.165, 1.54) is 0 Å². The molecule has 2 nitrogen and oxygen atoms in total. The van der Waals surface area contributed by atoms with E-state index in [-0.39, 0.29) is 12.1 Å². The lowest BCUT2D eigenvalue weighted by molar-refractivity contribution is 0.0683. The number of likely N-dealkylation sites (N-methyl/N-ethyl adjacent to an activating group) is 1. The summed E-state index contributed by atoms with van der Waals surface area (Å²) in [7, 11) is 3.31. The van der Waals surface area contributed by atoms with Gasteiger partial charge in [-0.2, -0.15) is 0 Å². The van der Waals surface area contributed by atoms with Crippen molar-refractivity contribution in [2.24, 2.45) is 0 Å². The van der Waals surface area contributed by atoms with Gasteiger partial charge in [0.15, 0.2) is 0 Å². The number of nitrogens with zero attached hydrogens (tertiary/aromatic N) is 1. The summed E-state index contributed by atoms with van der Waals surface area (Å²) in [6.07, 6.45) is -1.34. The van der Waals surface area contributed by atoms with Crippen molar-refractivity contribution >= 4 is 0 Å². The number of benzene rings is 2. The minimum absolute atomic E-state index is 0.134. The number of rotatable bonds is 6. The average molecular weight is 278 g/mol. The normalized spacial score (nSPS) is 20.4. The first kappa shape index (κ1) is 6.88. The molecule has 0 fully saturated rings. The molecule has 0 saturated carbocycles. The molecular formula is C18H23NO. The second-order valence-electron chi connectivity index (χ2n) is 4.58. The molecule has 0 saturated heterocycles. The lowest BCUT2D eigenvalue weighted by Gasteiger charge is -2.22. The molecule has 0 bridgehead atoms. The van der Waals surface area contributed by atoms with Crippen LogP contribution in [-0.4, -0.2) is 32.1 Å². The molecule has 2 rings (SSSR count). The minimum Gasteiger partial charge on any atom is -0.367 e. The van der Waals surface area contributed by atoms with Gasteiger partial charge in [0, 0.05) is 10.7 Å². The van der Waals surface area contributed by atoms with Crippen molar-refractivity contribution in [1.29, 1.82) is 0 Å². The smallest absolute Gasteiger partial charge is 0.108 e. The summed E-state index contributed by atoms with van der Waals surface area (Å²) in [5, 5.41) is 0. The van der Waals surface area contributed by atoms with E-state index in [1.54, 1.807) is 49.3 Å². The Morgan fingerprint density at radius 1 is 1.25 bits per heavy atom. The summed E-state index contributed by atoms with van der Waals surface area (Å²) in [5.41, 5.74) is -0.478. The van der Waals surface area contributed by atoms with E-state index in [0.717, 1.165) is 0 Å². The predicted molar refractivity (Wildman–Crippen MR) is 84.0 cm³/mol. The Kier molecular flexibility index (Phi) is 2.49. The van der Waals surface area contributed by atoms with Crippen LogP contribution in [0.3, 0.4) is 0 Å². The van der Waals surface area contributed by atoms with E-state index in [0.29, 0.717) is 5.56 Å². The fourth-order valence-corrected chi connectivity index (χ4v) is 1.69. The van der Waals surface area contributed by atoms with Crippen LogP contribution in [0.25, 0.3) is 0 Å². The van der Waals surface area contributed by atoms with Gasteiger partial charge in [-0.25, -0.2) is 0 Å². The summed E-state index contributed by atoms with van der Waals surface area (Å²) < 4.78 is 77.9. The van der Waals surface area contributed by atoms with Crippen LogP contribution in [0.15, 0.2) is 54.5 Å². The molecule has 0 spiro atoms. The Balaban J connectivity index is 2.81. The fraction of sp³-hybridized carbons (Fsp3) is 0.333. The Morgan fingerprint density at radius 2 is 2.00 bits per heavy atom. The SMILES string of the molecule is [2H]c1c([2H])c([2H])c(C([2H])([2H])[2H])c(C(OC([2H])([2H])CN(C)C)c2ccccc2)c1[2H]. The van der Waals surface area contributed by atoms with Gasteiger partial charge in [-0.3, -0.25) is 0 Å². The zero-order valence-corrected chi connectivity index (χ0v) is 11.5. The molecule has 1 unspecified atom stereocenters. The van der Waals surface area contributed by atoms with Gasteiger partial charge in [0.1, 0.15) is 6.10 Å². The Labute approximate surface area is 134 Å². The zero-order chi connectivity index (χ0) is 22.1. The first-order chi connectivity index (χ1) is 13.3. The molecule has 0 aliphatic carbocycles. The highest BCUT2D eigenvalue weighted by Crippen LogP contribution is 2.28. The quantitative estimate of drug-likeness (QED) is 0.799. The molecule has 0 aliphatic rings. The van der Waals surface area contributed by atoms with Gasteiger partial charge < -0.3 is 9.64 Å². The molecule has 106 valence electrons. The molecule has 0 aromatic heterocycles. The Bertz CT molecular complexity index is 866. The van der Waals surface area contributed by atoms with Crippen molar-refractivity contribution in [3.05, 3.63) is 71.2 Å². The van der Waals surface area contributed by atoms with E-state index in [4.69, 9.17) is 17.1 Å². The molecule has 0 amide bonds. The average Bonchev–Trinajstić information content (AvgIpc) is 2.59. The maximum Gasteiger partial charge on any atom is 0.108 e. The second-order valence-corrected chi connectivity index (χ2v) is 4.58. The van der Waals surface area contributed by atoms with Gasteiger partial charge in [-0.1, -0.05) is 54.5 Å². The van der Waals surface area contributed by atoms with Crippen LogP contribution in [0.5, 0.6) is 0 Å². The minimum atomic E-state index is -2.85. The molecule has 0 heterocycles. The van der Waals surface area contributed by atoms with Gasteiger partial charge in [-0.15, -0.1) is 0 Å². The van der Waals surface area contributed by atoms with Crippen molar-refractivity contribution < 1.29 is 17.1 Å². The van der Waals surface area contributed by atoms with Gasteiger partial charge in [-0.05, 0) is 37.6 Å². The van der Waals surface area contributed by atoms with Gasteiger partial charge in [0.2, 0.25) is 0 Å². The largest absolute Gasteiger partial charge is 0.367 e. The molecular weight excluding hydrogens is 246 g/mol. The van der Waals surface area contributed by atoms with Crippen LogP contribution in [0.1, 0.15) is 35.1 Å². The summed E-state index contributed by atoms with van der Waals surface area (Å²) in [5.74, 6) is 0. The van der Waals surface area contributed by atoms with Crippen molar-refractivity contribution in [2.75, 3.05) is 27.2 Å². The first-order valence-corrected chi connectivity index (χ1v) is 6.24. The lowest BCUT2D eigenvalue weighted by atomic mass is 9.97. The highest BCUT2D eigenvalue weighted by atomic mass is 16.5. The standard InChI is InChI=1S/C18H23NO/c1-15-9-7-8-12-17(15)18(20-14-13-19(2)3)16-10-5-4-6-11-16/h4-12,18H,13-14H2,1-3H3/i1D3,7D,8D,9D,12D,14D2. The van der Waals surface area contributed by atoms with Crippen LogP contribution in [0.4, 0.5) is 0 Å². The third kappa shape index (κ3) is 3.92. The highest BCUT2D eigenvalue weighted by molar-refractivity contribution is 5.35. The van der Waals surface area contributed by atoms with Crippen LogP contribution in [0, 0.1) is 6.85 Å². The van der Waals surface area contributed by atoms with E-state index < -0.39 is 49.2 Å². The van der Waals surface area contributed by atoms with E-state index >= 15 is 0 Å². The molecule has 20 heavy (non-hydrogen) atoms. The maximum atomic E-state index is 8.33. The lowest BCUT2D eigenvalue weighted by Crippen LogP contribution is -2.20. The Morgan fingerprint density at radius 3 is 2.70 bits per heavy atom. The summed E-state index contributed by atoms with van der Waals surface area (Å²) in [6, 6.07) is 5.73. The predicted octanol–water partition coefficient (Wildman–Crippen LogP) is 3.66. The number of hydrogen-bond donors (Lipinski definition) is 0. The van der Waals surface area contributed by atoms with Crippen molar-refractivity contribution in [3.63, 3.8) is 0 Å². The van der Waals surface area contributed by atoms with Crippen LogP contribution < -0.4 is 0 Å². The monoisotopic (exact) mass is 278 g/mol. The van der Waals surface area contributed by atoms with Crippen molar-refractivity contribution in [3.8, 4) is 0 Å². The maximum absolute atomic E-state index is 8.33. The topological polar surface area (TPSA) is 12.5 Å². The molecule has 0 aliphatic heterocycles. The van der Waals surface area contributed by atoms with Crippen LogP contribution in [-0.2, 0) is 4.74 Å². The van der Waals surface area contributed by atoms with Gasteiger partial charge in [0.25, 0.3) is 0 Å². The van der Waals surface area contributed by atoms with Crippen LogP contribution >= 0.6 is 0 Å². The summed E-state index contributed by atoms with van der Waals surface area (Å²) >= 11 is 0. The molecule has 1 atom stereocenters. The fourth-order valence-electron chi connectivity index (χ4n) is 1.69. The molecule has 2 heteroatoms. The molecule has 2 aromatic rings. The van der Waals surface area contributed by atoms with E-state index in [1.807, 2.05) is 0 Å². The van der Waals surface area contributed by atoms with E-state index in [9.17, 15) is 0 Å². The Hall–Kier alpha value is -1.64. The van der Waals surface area contributed by atoms with Crippen molar-refractivity contribution in [1.82, 2.24) is 4.90 Å². The molecule has 0 N–H and O–H groups in total. The molecule has 2 aromatic carbocycles. The van der Waals surface area contributed by atoms with Crippen LogP contribution in [0.2, 0.25) is 0 Å². The third-order valence-corrected chi connectivity index (χ3v) is 2.66. The third-order valence-electron chi connectivity index (χ3n) is 2.66. The first-order valence-electron chi connectivity index (χ1n) is 10.7. The highest BCUT2D eigenvalue weighted by Gasteiger charge is 2.16. The van der Waals surface area contributed by atoms with Crippen molar-refractivity contribution in [2.45, 2.75) is 13.0 Å². The summed E-state index contributed by atoms with van der Waals surface area (Å²) in [6.45, 7) is -5.20. The second kappa shape index (κ2) is 7.22. The van der Waals surface area contributed by atoms with Gasteiger partial charge in [0.05, 0.1) is 14.8 Å². The number of hydrogen-bond acceptors (Lipinski definition) is 2. The summed E-state index contributed by atoms with van der Waals surface area (Å²) in [4.78, 5) is 1.56. The van der Waals surface area contributed by atoms with E-state index in [2.05, 4.69) is 0 Å².